The number of benzene rings is 1. The van der Waals surface area contributed by atoms with Crippen molar-refractivity contribution in [3.8, 4) is 11.1 Å². The van der Waals surface area contributed by atoms with Gasteiger partial charge >= 0.3 is 0 Å². The second-order valence-electron chi connectivity index (χ2n) is 7.70. The largest absolute Gasteiger partial charge is 0.365 e. The zero-order valence-corrected chi connectivity index (χ0v) is 19.4. The van der Waals surface area contributed by atoms with Crippen molar-refractivity contribution in [2.24, 2.45) is 12.8 Å². The highest BCUT2D eigenvalue weighted by atomic mass is 32.2. The third-order valence-corrected chi connectivity index (χ3v) is 8.42. The molecular formula is C22H24N4O4S2. The van der Waals surface area contributed by atoms with Gasteiger partial charge in [-0.1, -0.05) is 30.3 Å². The van der Waals surface area contributed by atoms with Crippen molar-refractivity contribution in [1.82, 2.24) is 8.87 Å². The van der Waals surface area contributed by atoms with E-state index in [1.54, 1.807) is 7.05 Å². The van der Waals surface area contributed by atoms with Gasteiger partial charge in [0.1, 0.15) is 15.6 Å². The van der Waals surface area contributed by atoms with Gasteiger partial charge in [0.15, 0.2) is 0 Å². The first kappa shape index (κ1) is 22.3. The van der Waals surface area contributed by atoms with Gasteiger partial charge in [0, 0.05) is 36.8 Å². The zero-order chi connectivity index (χ0) is 23.0. The molecule has 168 valence electrons. The number of thiophene rings is 1. The van der Waals surface area contributed by atoms with Crippen LogP contribution in [-0.4, -0.2) is 42.2 Å². The summed E-state index contributed by atoms with van der Waals surface area (Å²) in [5.74, 6) is -1.16. The van der Waals surface area contributed by atoms with Gasteiger partial charge in [-0.15, -0.1) is 11.3 Å². The molecule has 3 heterocycles. The molecule has 4 rings (SSSR count). The van der Waals surface area contributed by atoms with E-state index < -0.39 is 21.8 Å². The number of hydrogen-bond donors (Lipinski definition) is 2. The summed E-state index contributed by atoms with van der Waals surface area (Å²) in [7, 11) is -2.03. The lowest BCUT2D eigenvalue weighted by Gasteiger charge is -2.13. The van der Waals surface area contributed by atoms with Crippen LogP contribution in [0.25, 0.3) is 11.1 Å². The molecular weight excluding hydrogens is 448 g/mol. The Morgan fingerprint density at radius 1 is 1.12 bits per heavy atom. The highest BCUT2D eigenvalue weighted by molar-refractivity contribution is 7.89. The van der Waals surface area contributed by atoms with Crippen molar-refractivity contribution in [1.29, 1.82) is 0 Å². The molecule has 0 spiro atoms. The Kier molecular flexibility index (Phi) is 5.93. The standard InChI is InChI=1S/C22H24N4O4S2/c1-14-18(15-8-4-3-5-9-15)19(20(23)27)22(31-14)24-21(28)17-12-16(13-25(17)2)32(29,30)26-10-6-7-11-26/h3-5,8-9,12-13H,6-7,10-11H2,1-2H3,(H2,23,27)(H,24,28). The highest BCUT2D eigenvalue weighted by Crippen LogP contribution is 2.39. The maximum Gasteiger partial charge on any atom is 0.272 e. The van der Waals surface area contributed by atoms with Crippen LogP contribution < -0.4 is 11.1 Å². The molecule has 1 aromatic carbocycles. The average molecular weight is 473 g/mol. The molecule has 0 bridgehead atoms. The minimum absolute atomic E-state index is 0.0782. The van der Waals surface area contributed by atoms with Crippen LogP contribution in [0.15, 0.2) is 47.5 Å². The maximum atomic E-state index is 13.0. The molecule has 1 aliphatic rings. The molecule has 0 radical (unpaired) electrons. The monoisotopic (exact) mass is 472 g/mol. The number of nitrogens with one attached hydrogen (secondary N) is 1. The lowest BCUT2D eigenvalue weighted by molar-refractivity contribution is 0.100. The van der Waals surface area contributed by atoms with Gasteiger partial charge in [0.05, 0.1) is 5.56 Å². The van der Waals surface area contributed by atoms with Gasteiger partial charge in [-0.25, -0.2) is 8.42 Å². The van der Waals surface area contributed by atoms with Gasteiger partial charge in [0.2, 0.25) is 10.0 Å². The third kappa shape index (κ3) is 3.96. The number of aryl methyl sites for hydroxylation is 2. The molecule has 0 aliphatic carbocycles. The Balaban J connectivity index is 1.67. The molecule has 1 aliphatic heterocycles. The molecule has 10 heteroatoms. The van der Waals surface area contributed by atoms with Crippen LogP contribution in [0.4, 0.5) is 5.00 Å². The van der Waals surface area contributed by atoms with Crippen molar-refractivity contribution in [3.63, 3.8) is 0 Å². The maximum absolute atomic E-state index is 13.0. The van der Waals surface area contributed by atoms with E-state index in [1.165, 1.54) is 32.5 Å². The Bertz CT molecular complexity index is 1290. The van der Waals surface area contributed by atoms with Crippen molar-refractivity contribution in [2.45, 2.75) is 24.7 Å². The fraction of sp³-hybridized carbons (Fsp3) is 0.273. The predicted octanol–water partition coefficient (Wildman–Crippen LogP) is 3.20. The van der Waals surface area contributed by atoms with Crippen LogP contribution in [0, 0.1) is 6.92 Å². The molecule has 0 unspecified atom stereocenters. The number of nitrogens with two attached hydrogens (primary N) is 1. The summed E-state index contributed by atoms with van der Waals surface area (Å²) < 4.78 is 28.6. The summed E-state index contributed by atoms with van der Waals surface area (Å²) in [5.41, 5.74) is 7.59. The van der Waals surface area contributed by atoms with Crippen molar-refractivity contribution >= 4 is 38.2 Å². The van der Waals surface area contributed by atoms with E-state index >= 15 is 0 Å². The normalized spacial score (nSPS) is 14.6. The van der Waals surface area contributed by atoms with Gasteiger partial charge in [0.25, 0.3) is 11.8 Å². The van der Waals surface area contributed by atoms with Crippen LogP contribution in [0.3, 0.4) is 0 Å². The average Bonchev–Trinajstić information content (AvgIpc) is 3.47. The molecule has 2 aromatic heterocycles. The molecule has 1 saturated heterocycles. The smallest absolute Gasteiger partial charge is 0.272 e. The lowest BCUT2D eigenvalue weighted by atomic mass is 10.0. The number of carbonyl (C=O) groups is 2. The van der Waals surface area contributed by atoms with Gasteiger partial charge in [-0.05, 0) is 31.4 Å². The Morgan fingerprint density at radius 3 is 2.41 bits per heavy atom. The van der Waals surface area contributed by atoms with E-state index in [9.17, 15) is 18.0 Å². The lowest BCUT2D eigenvalue weighted by Crippen LogP contribution is -2.27. The Labute approximate surface area is 190 Å². The number of nitrogens with zero attached hydrogens (tertiary/aromatic N) is 2. The fourth-order valence-corrected chi connectivity index (χ4v) is 6.63. The molecule has 3 aromatic rings. The SMILES string of the molecule is Cc1sc(NC(=O)c2cc(S(=O)(=O)N3CCCC3)cn2C)c(C(N)=O)c1-c1ccccc1. The number of primary amides is 1. The summed E-state index contributed by atoms with van der Waals surface area (Å²) in [5, 5.41) is 3.10. The summed E-state index contributed by atoms with van der Waals surface area (Å²) >= 11 is 1.26. The van der Waals surface area contributed by atoms with Gasteiger partial charge in [-0.3, -0.25) is 9.59 Å². The number of hydrogen-bond acceptors (Lipinski definition) is 5. The summed E-state index contributed by atoms with van der Waals surface area (Å²) in [4.78, 5) is 26.2. The van der Waals surface area contributed by atoms with Crippen LogP contribution in [0.5, 0.6) is 0 Å². The Hall–Kier alpha value is -2.95. The first-order valence-corrected chi connectivity index (χ1v) is 12.4. The number of carbonyl (C=O) groups excluding carboxylic acids is 2. The van der Waals surface area contributed by atoms with E-state index in [0.717, 1.165) is 23.3 Å². The van der Waals surface area contributed by atoms with E-state index in [-0.39, 0.29) is 16.2 Å². The number of anilines is 1. The Morgan fingerprint density at radius 2 is 1.78 bits per heavy atom. The first-order valence-electron chi connectivity index (χ1n) is 10.2. The minimum atomic E-state index is -3.65. The van der Waals surface area contributed by atoms with Crippen molar-refractivity contribution in [2.75, 3.05) is 18.4 Å². The number of sulfonamides is 1. The minimum Gasteiger partial charge on any atom is -0.365 e. The first-order chi connectivity index (χ1) is 15.2. The quantitative estimate of drug-likeness (QED) is 0.573. The molecule has 32 heavy (non-hydrogen) atoms. The fourth-order valence-electron chi connectivity index (χ4n) is 3.97. The number of aromatic nitrogens is 1. The molecule has 0 atom stereocenters. The van der Waals surface area contributed by atoms with Crippen LogP contribution in [-0.2, 0) is 17.1 Å². The third-order valence-electron chi connectivity index (χ3n) is 5.54. The van der Waals surface area contributed by atoms with E-state index in [2.05, 4.69) is 5.32 Å². The van der Waals surface area contributed by atoms with E-state index in [0.29, 0.717) is 23.7 Å². The topological polar surface area (TPSA) is 114 Å². The second-order valence-corrected chi connectivity index (χ2v) is 10.9. The van der Waals surface area contributed by atoms with Crippen LogP contribution >= 0.6 is 11.3 Å². The molecule has 2 amide bonds. The molecule has 3 N–H and O–H groups in total. The summed E-state index contributed by atoms with van der Waals surface area (Å²) in [6, 6.07) is 10.7. The number of amides is 2. The van der Waals surface area contributed by atoms with Gasteiger partial charge in [-0.2, -0.15) is 4.31 Å². The molecule has 1 fully saturated rings. The van der Waals surface area contributed by atoms with Crippen LogP contribution in [0.2, 0.25) is 0 Å². The molecule has 0 saturated carbocycles. The van der Waals surface area contributed by atoms with E-state index in [1.807, 2.05) is 37.3 Å². The summed E-state index contributed by atoms with van der Waals surface area (Å²) in [6.07, 6.45) is 3.10. The molecule has 8 nitrogen and oxygen atoms in total. The highest BCUT2D eigenvalue weighted by Gasteiger charge is 2.30. The van der Waals surface area contributed by atoms with E-state index in [4.69, 9.17) is 5.73 Å². The van der Waals surface area contributed by atoms with Crippen LogP contribution in [0.1, 0.15) is 38.6 Å². The predicted molar refractivity (Wildman–Crippen MR) is 124 cm³/mol. The van der Waals surface area contributed by atoms with Crippen molar-refractivity contribution in [3.05, 3.63) is 58.7 Å². The summed E-state index contributed by atoms with van der Waals surface area (Å²) in [6.45, 7) is 2.83. The van der Waals surface area contributed by atoms with Crippen molar-refractivity contribution < 1.29 is 18.0 Å². The second kappa shape index (κ2) is 8.53. The van der Waals surface area contributed by atoms with Gasteiger partial charge < -0.3 is 15.6 Å². The zero-order valence-electron chi connectivity index (χ0n) is 17.8. The number of rotatable bonds is 6.